The number of methoxy groups -OCH3 is 1. The van der Waals surface area contributed by atoms with Gasteiger partial charge in [-0.3, -0.25) is 14.4 Å². The van der Waals surface area contributed by atoms with E-state index in [1.165, 1.54) is 0 Å². The largest absolute Gasteiger partial charge is 0.497 e. The van der Waals surface area contributed by atoms with Crippen molar-refractivity contribution < 1.29 is 19.1 Å². The van der Waals surface area contributed by atoms with Crippen LogP contribution in [0, 0.1) is 0 Å². The van der Waals surface area contributed by atoms with Gasteiger partial charge in [-0.1, -0.05) is 12.1 Å². The Morgan fingerprint density at radius 2 is 1.82 bits per heavy atom. The van der Waals surface area contributed by atoms with E-state index < -0.39 is 5.97 Å². The third-order valence-electron chi connectivity index (χ3n) is 4.23. The Kier molecular flexibility index (Phi) is 6.16. The van der Waals surface area contributed by atoms with Gasteiger partial charge in [0.1, 0.15) is 11.6 Å². The van der Waals surface area contributed by atoms with Crippen LogP contribution < -0.4 is 10.3 Å². The fourth-order valence-corrected chi connectivity index (χ4v) is 2.73. The monoisotopic (exact) mass is 380 g/mol. The zero-order valence-electron chi connectivity index (χ0n) is 15.4. The van der Waals surface area contributed by atoms with Crippen molar-refractivity contribution in [3.63, 3.8) is 0 Å². The molecule has 0 radical (unpaired) electrons. The number of esters is 1. The third kappa shape index (κ3) is 4.82. The molecule has 0 bridgehead atoms. The summed E-state index contributed by atoms with van der Waals surface area (Å²) in [5.41, 5.74) is 0.869. The van der Waals surface area contributed by atoms with E-state index in [0.29, 0.717) is 40.9 Å². The average molecular weight is 380 g/mol. The fourth-order valence-electron chi connectivity index (χ4n) is 2.73. The molecule has 7 nitrogen and oxygen atoms in total. The highest BCUT2D eigenvalue weighted by molar-refractivity contribution is 5.98. The minimum Gasteiger partial charge on any atom is -0.497 e. The quantitative estimate of drug-likeness (QED) is 0.477. The normalized spacial score (nSPS) is 10.6. The number of benzene rings is 2. The third-order valence-corrected chi connectivity index (χ3v) is 4.23. The Labute approximate surface area is 161 Å². The highest BCUT2D eigenvalue weighted by Crippen LogP contribution is 2.12. The standard InChI is InChI=1S/C21H20N2O5/c1-27-15-11-9-14(10-12-15)18(24)13-28-20(25)8-4-7-19-22-17-6-3-2-5-16(17)21(26)23-19/h2-3,5-6,9-12H,4,7-8,13H2,1H3,(H,22,23,26). The molecule has 2 aromatic carbocycles. The molecule has 1 heterocycles. The molecule has 3 rings (SSSR count). The molecule has 0 saturated carbocycles. The molecule has 0 unspecified atom stereocenters. The summed E-state index contributed by atoms with van der Waals surface area (Å²) < 4.78 is 10.1. The number of Topliss-reactive ketones (excluding diaryl/α,β-unsaturated/α-hetero) is 1. The van der Waals surface area contributed by atoms with E-state index in [2.05, 4.69) is 9.97 Å². The number of aromatic nitrogens is 2. The van der Waals surface area contributed by atoms with Crippen LogP contribution in [0.1, 0.15) is 29.0 Å². The second kappa shape index (κ2) is 8.94. The van der Waals surface area contributed by atoms with Gasteiger partial charge < -0.3 is 14.5 Å². The average Bonchev–Trinajstić information content (AvgIpc) is 2.72. The lowest BCUT2D eigenvalue weighted by atomic mass is 10.1. The maximum Gasteiger partial charge on any atom is 0.306 e. The minimum absolute atomic E-state index is 0.131. The number of aryl methyl sites for hydroxylation is 1. The number of carbonyl (C=O) groups is 2. The first-order chi connectivity index (χ1) is 13.6. The van der Waals surface area contributed by atoms with E-state index in [1.54, 1.807) is 49.6 Å². The number of ketones is 1. The lowest BCUT2D eigenvalue weighted by molar-refractivity contribution is -0.142. The van der Waals surface area contributed by atoms with Gasteiger partial charge in [0.15, 0.2) is 12.4 Å². The Hall–Kier alpha value is -3.48. The fraction of sp³-hybridized carbons (Fsp3) is 0.238. The summed E-state index contributed by atoms with van der Waals surface area (Å²) in [6, 6.07) is 13.7. The molecule has 0 aliphatic rings. The molecule has 1 N–H and O–H groups in total. The molecule has 1 aromatic heterocycles. The Balaban J connectivity index is 1.46. The first-order valence-corrected chi connectivity index (χ1v) is 8.87. The van der Waals surface area contributed by atoms with Crippen molar-refractivity contribution in [2.24, 2.45) is 0 Å². The molecular weight excluding hydrogens is 360 g/mol. The van der Waals surface area contributed by atoms with E-state index in [4.69, 9.17) is 9.47 Å². The van der Waals surface area contributed by atoms with E-state index in [1.807, 2.05) is 6.07 Å². The maximum absolute atomic E-state index is 12.0. The Bertz CT molecular complexity index is 1040. The van der Waals surface area contributed by atoms with Gasteiger partial charge in [0.25, 0.3) is 5.56 Å². The molecule has 0 aliphatic heterocycles. The van der Waals surface area contributed by atoms with Crippen LogP contribution in [0.15, 0.2) is 53.3 Å². The molecule has 144 valence electrons. The number of nitrogens with zero attached hydrogens (tertiary/aromatic N) is 1. The van der Waals surface area contributed by atoms with Crippen molar-refractivity contribution >= 4 is 22.7 Å². The second-order valence-corrected chi connectivity index (χ2v) is 6.20. The van der Waals surface area contributed by atoms with Gasteiger partial charge in [-0.15, -0.1) is 0 Å². The first kappa shape index (κ1) is 19.3. The predicted octanol–water partition coefficient (Wildman–Crippen LogP) is 2.68. The number of para-hydroxylation sites is 1. The van der Waals surface area contributed by atoms with Crippen molar-refractivity contribution in [2.45, 2.75) is 19.3 Å². The molecule has 0 spiro atoms. The van der Waals surface area contributed by atoms with Gasteiger partial charge in [-0.25, -0.2) is 4.98 Å². The first-order valence-electron chi connectivity index (χ1n) is 8.87. The molecule has 7 heteroatoms. The number of carbonyl (C=O) groups excluding carboxylic acids is 2. The molecule has 0 amide bonds. The molecule has 0 aliphatic carbocycles. The van der Waals surface area contributed by atoms with Crippen LogP contribution in [0.4, 0.5) is 0 Å². The predicted molar refractivity (Wildman–Crippen MR) is 104 cm³/mol. The van der Waals surface area contributed by atoms with Crippen LogP contribution in [0.25, 0.3) is 10.9 Å². The van der Waals surface area contributed by atoms with E-state index in [0.717, 1.165) is 0 Å². The van der Waals surface area contributed by atoms with Crippen molar-refractivity contribution in [2.75, 3.05) is 13.7 Å². The molecule has 28 heavy (non-hydrogen) atoms. The van der Waals surface area contributed by atoms with Crippen LogP contribution in [-0.2, 0) is 16.0 Å². The van der Waals surface area contributed by atoms with E-state index >= 15 is 0 Å². The summed E-state index contributed by atoms with van der Waals surface area (Å²) in [7, 11) is 1.54. The van der Waals surface area contributed by atoms with Gasteiger partial charge in [0.2, 0.25) is 0 Å². The lowest BCUT2D eigenvalue weighted by Gasteiger charge is -2.06. The van der Waals surface area contributed by atoms with Gasteiger partial charge in [-0.2, -0.15) is 0 Å². The summed E-state index contributed by atoms with van der Waals surface area (Å²) in [4.78, 5) is 43.0. The SMILES string of the molecule is COc1ccc(C(=O)COC(=O)CCCc2nc3ccccc3c(=O)[nH]2)cc1. The summed E-state index contributed by atoms with van der Waals surface area (Å²) in [6.07, 6.45) is 1.02. The molecular formula is C21H20N2O5. The zero-order chi connectivity index (χ0) is 19.9. The lowest BCUT2D eigenvalue weighted by Crippen LogP contribution is -2.15. The zero-order valence-corrected chi connectivity index (χ0v) is 15.4. The van der Waals surface area contributed by atoms with Gasteiger partial charge in [0, 0.05) is 18.4 Å². The highest BCUT2D eigenvalue weighted by Gasteiger charge is 2.11. The van der Waals surface area contributed by atoms with Crippen LogP contribution in [0.5, 0.6) is 5.75 Å². The van der Waals surface area contributed by atoms with Gasteiger partial charge in [-0.05, 0) is 42.8 Å². The van der Waals surface area contributed by atoms with Crippen LogP contribution in [-0.4, -0.2) is 35.4 Å². The van der Waals surface area contributed by atoms with Crippen molar-refractivity contribution in [1.82, 2.24) is 9.97 Å². The number of ether oxygens (including phenoxy) is 2. The van der Waals surface area contributed by atoms with Crippen LogP contribution >= 0.6 is 0 Å². The number of fused-ring (bicyclic) bond motifs is 1. The van der Waals surface area contributed by atoms with Crippen molar-refractivity contribution in [3.05, 3.63) is 70.3 Å². The number of hydrogen-bond donors (Lipinski definition) is 1. The Morgan fingerprint density at radius 3 is 2.57 bits per heavy atom. The Morgan fingerprint density at radius 1 is 1.07 bits per heavy atom. The van der Waals surface area contributed by atoms with E-state index in [9.17, 15) is 14.4 Å². The molecule has 0 atom stereocenters. The topological polar surface area (TPSA) is 98.3 Å². The number of rotatable bonds is 8. The van der Waals surface area contributed by atoms with Crippen LogP contribution in [0.2, 0.25) is 0 Å². The number of hydrogen-bond acceptors (Lipinski definition) is 6. The number of aromatic amines is 1. The summed E-state index contributed by atoms with van der Waals surface area (Å²) in [5.74, 6) is 0.418. The second-order valence-electron chi connectivity index (χ2n) is 6.20. The van der Waals surface area contributed by atoms with Gasteiger partial charge in [0.05, 0.1) is 18.0 Å². The van der Waals surface area contributed by atoms with Crippen molar-refractivity contribution in [1.29, 1.82) is 0 Å². The minimum atomic E-state index is -0.468. The molecule has 0 fully saturated rings. The van der Waals surface area contributed by atoms with Crippen LogP contribution in [0.3, 0.4) is 0 Å². The highest BCUT2D eigenvalue weighted by atomic mass is 16.5. The maximum atomic E-state index is 12.0. The van der Waals surface area contributed by atoms with E-state index in [-0.39, 0.29) is 24.4 Å². The number of H-pyrrole nitrogens is 1. The van der Waals surface area contributed by atoms with Gasteiger partial charge >= 0.3 is 5.97 Å². The molecule has 0 saturated heterocycles. The summed E-state index contributed by atoms with van der Waals surface area (Å²) in [5, 5.41) is 0.530. The number of nitrogens with one attached hydrogen (secondary N) is 1. The summed E-state index contributed by atoms with van der Waals surface area (Å²) in [6.45, 7) is -0.309. The molecule has 3 aromatic rings. The smallest absolute Gasteiger partial charge is 0.306 e. The van der Waals surface area contributed by atoms with Crippen molar-refractivity contribution in [3.8, 4) is 5.75 Å². The summed E-state index contributed by atoms with van der Waals surface area (Å²) >= 11 is 0.